The average molecular weight is 422 g/mol. The molecule has 0 aliphatic carbocycles. The molecule has 1 N–H and O–H groups in total. The highest BCUT2D eigenvalue weighted by atomic mass is 32.2. The molecule has 30 heavy (non-hydrogen) atoms. The van der Waals surface area contributed by atoms with E-state index in [9.17, 15) is 9.59 Å². The second kappa shape index (κ2) is 8.71. The number of benzene rings is 2. The molecule has 4 aromatic rings. The quantitative estimate of drug-likeness (QED) is 0.463. The van der Waals surface area contributed by atoms with Crippen molar-refractivity contribution in [3.63, 3.8) is 0 Å². The van der Waals surface area contributed by atoms with E-state index < -0.39 is 0 Å². The van der Waals surface area contributed by atoms with Crippen molar-refractivity contribution in [1.82, 2.24) is 24.5 Å². The predicted molar refractivity (Wildman–Crippen MR) is 119 cm³/mol. The number of hydrogen-bond donors (Lipinski definition) is 1. The standard InChI is InChI=1S/C22H23N5O2S/c1-3-13-26-20(29)17-11-7-8-12-18(17)27-21(26)24-25-22(27)30-14-19(28)23-15(2)16-9-5-4-6-10-16/h4-12,15H,3,13-14H2,1-2H3,(H,23,28). The summed E-state index contributed by atoms with van der Waals surface area (Å²) in [6, 6.07) is 17.2. The number of carbonyl (C=O) groups is 1. The number of hydrogen-bond acceptors (Lipinski definition) is 5. The van der Waals surface area contributed by atoms with Crippen LogP contribution in [-0.2, 0) is 11.3 Å². The summed E-state index contributed by atoms with van der Waals surface area (Å²) in [4.78, 5) is 25.4. The molecule has 0 saturated carbocycles. The van der Waals surface area contributed by atoms with Gasteiger partial charge in [-0.2, -0.15) is 0 Å². The summed E-state index contributed by atoms with van der Waals surface area (Å²) in [7, 11) is 0. The first kappa shape index (κ1) is 20.2. The third kappa shape index (κ3) is 3.82. The molecule has 1 amide bonds. The van der Waals surface area contributed by atoms with Gasteiger partial charge in [-0.05, 0) is 31.0 Å². The van der Waals surface area contributed by atoms with Gasteiger partial charge in [-0.25, -0.2) is 0 Å². The van der Waals surface area contributed by atoms with Crippen molar-refractivity contribution < 1.29 is 4.79 Å². The number of nitrogens with zero attached hydrogens (tertiary/aromatic N) is 4. The van der Waals surface area contributed by atoms with Crippen molar-refractivity contribution in [2.75, 3.05) is 5.75 Å². The lowest BCUT2D eigenvalue weighted by Gasteiger charge is -2.14. The molecule has 1 unspecified atom stereocenters. The van der Waals surface area contributed by atoms with E-state index in [1.165, 1.54) is 11.8 Å². The van der Waals surface area contributed by atoms with E-state index in [4.69, 9.17) is 0 Å². The van der Waals surface area contributed by atoms with Gasteiger partial charge in [0, 0.05) is 6.54 Å². The normalized spacial score (nSPS) is 12.3. The van der Waals surface area contributed by atoms with Crippen LogP contribution in [0.15, 0.2) is 64.5 Å². The van der Waals surface area contributed by atoms with Gasteiger partial charge in [0.2, 0.25) is 11.7 Å². The minimum Gasteiger partial charge on any atom is -0.349 e. The van der Waals surface area contributed by atoms with Crippen LogP contribution >= 0.6 is 11.8 Å². The Labute approximate surface area is 178 Å². The van der Waals surface area contributed by atoms with Crippen LogP contribution in [0.3, 0.4) is 0 Å². The fraction of sp³-hybridized carbons (Fsp3) is 0.273. The highest BCUT2D eigenvalue weighted by Crippen LogP contribution is 2.22. The Morgan fingerprint density at radius 2 is 1.83 bits per heavy atom. The maximum atomic E-state index is 12.9. The van der Waals surface area contributed by atoms with Crippen molar-refractivity contribution in [3.05, 3.63) is 70.5 Å². The van der Waals surface area contributed by atoms with E-state index in [1.807, 2.05) is 72.8 Å². The first-order valence-corrected chi connectivity index (χ1v) is 10.9. The minimum atomic E-state index is -0.0840. The Morgan fingerprint density at radius 1 is 1.10 bits per heavy atom. The lowest BCUT2D eigenvalue weighted by Crippen LogP contribution is -2.28. The number of aryl methyl sites for hydroxylation is 1. The highest BCUT2D eigenvalue weighted by Gasteiger charge is 2.17. The number of thioether (sulfide) groups is 1. The predicted octanol–water partition coefficient (Wildman–Crippen LogP) is 3.42. The molecule has 0 aliphatic heterocycles. The molecular weight excluding hydrogens is 398 g/mol. The number of amides is 1. The molecule has 4 rings (SSSR count). The molecule has 8 heteroatoms. The maximum Gasteiger partial charge on any atom is 0.262 e. The van der Waals surface area contributed by atoms with E-state index >= 15 is 0 Å². The number of carbonyl (C=O) groups excluding carboxylic acids is 1. The van der Waals surface area contributed by atoms with Crippen LogP contribution in [0.2, 0.25) is 0 Å². The van der Waals surface area contributed by atoms with Gasteiger partial charge in [0.15, 0.2) is 5.16 Å². The lowest BCUT2D eigenvalue weighted by atomic mass is 10.1. The van der Waals surface area contributed by atoms with Gasteiger partial charge in [-0.15, -0.1) is 10.2 Å². The summed E-state index contributed by atoms with van der Waals surface area (Å²) in [5.41, 5.74) is 1.73. The van der Waals surface area contributed by atoms with Crippen LogP contribution in [0, 0.1) is 0 Å². The first-order chi connectivity index (χ1) is 14.6. The third-order valence-corrected chi connectivity index (χ3v) is 5.86. The van der Waals surface area contributed by atoms with Gasteiger partial charge in [0.1, 0.15) is 0 Å². The van der Waals surface area contributed by atoms with Gasteiger partial charge < -0.3 is 5.32 Å². The smallest absolute Gasteiger partial charge is 0.262 e. The second-order valence-corrected chi connectivity index (χ2v) is 8.02. The number of rotatable bonds is 7. The van der Waals surface area contributed by atoms with E-state index in [0.717, 1.165) is 17.5 Å². The summed E-state index contributed by atoms with van der Waals surface area (Å²) in [5.74, 6) is 0.625. The molecule has 1 atom stereocenters. The zero-order valence-electron chi connectivity index (χ0n) is 16.9. The second-order valence-electron chi connectivity index (χ2n) is 7.08. The summed E-state index contributed by atoms with van der Waals surface area (Å²) in [6.07, 6.45) is 0.809. The Bertz CT molecular complexity index is 1250. The molecule has 0 fully saturated rings. The van der Waals surface area contributed by atoms with Crippen LogP contribution in [0.1, 0.15) is 31.9 Å². The molecule has 2 aromatic carbocycles. The zero-order valence-corrected chi connectivity index (χ0v) is 17.7. The van der Waals surface area contributed by atoms with Crippen molar-refractivity contribution >= 4 is 34.3 Å². The Hall–Kier alpha value is -3.13. The van der Waals surface area contributed by atoms with Gasteiger partial charge in [-0.3, -0.25) is 18.6 Å². The van der Waals surface area contributed by atoms with Gasteiger partial charge in [-0.1, -0.05) is 61.2 Å². The number of aromatic nitrogens is 4. The van der Waals surface area contributed by atoms with Crippen LogP contribution in [0.25, 0.3) is 16.7 Å². The van der Waals surface area contributed by atoms with Crippen molar-refractivity contribution in [3.8, 4) is 0 Å². The van der Waals surface area contributed by atoms with Crippen LogP contribution < -0.4 is 10.9 Å². The number of fused-ring (bicyclic) bond motifs is 3. The first-order valence-electron chi connectivity index (χ1n) is 9.94. The van der Waals surface area contributed by atoms with Crippen LogP contribution in [0.4, 0.5) is 0 Å². The van der Waals surface area contributed by atoms with E-state index in [0.29, 0.717) is 22.9 Å². The Kier molecular flexibility index (Phi) is 5.85. The van der Waals surface area contributed by atoms with E-state index in [-0.39, 0.29) is 23.3 Å². The van der Waals surface area contributed by atoms with Crippen molar-refractivity contribution in [2.45, 2.75) is 38.0 Å². The summed E-state index contributed by atoms with van der Waals surface area (Å²) in [6.45, 7) is 4.54. The SMILES string of the molecule is CCCn1c(=O)c2ccccc2n2c(SCC(=O)NC(C)c3ccccc3)nnc12. The van der Waals surface area contributed by atoms with Crippen molar-refractivity contribution in [2.24, 2.45) is 0 Å². The molecule has 154 valence electrons. The van der Waals surface area contributed by atoms with Crippen LogP contribution in [-0.4, -0.2) is 30.8 Å². The summed E-state index contributed by atoms with van der Waals surface area (Å²) < 4.78 is 3.52. The third-order valence-electron chi connectivity index (χ3n) is 4.93. The molecule has 2 heterocycles. The van der Waals surface area contributed by atoms with Crippen LogP contribution in [0.5, 0.6) is 0 Å². The zero-order chi connectivity index (χ0) is 21.1. The highest BCUT2D eigenvalue weighted by molar-refractivity contribution is 7.99. The molecule has 0 radical (unpaired) electrons. The molecule has 0 spiro atoms. The lowest BCUT2D eigenvalue weighted by molar-refractivity contribution is -0.119. The molecule has 2 aromatic heterocycles. The number of para-hydroxylation sites is 1. The van der Waals surface area contributed by atoms with Crippen molar-refractivity contribution in [1.29, 1.82) is 0 Å². The Balaban J connectivity index is 1.61. The number of nitrogens with one attached hydrogen (secondary N) is 1. The van der Waals surface area contributed by atoms with Gasteiger partial charge >= 0.3 is 0 Å². The van der Waals surface area contributed by atoms with E-state index in [2.05, 4.69) is 15.5 Å². The Morgan fingerprint density at radius 3 is 2.60 bits per heavy atom. The fourth-order valence-electron chi connectivity index (χ4n) is 3.49. The fourth-order valence-corrected chi connectivity index (χ4v) is 4.24. The molecule has 0 bridgehead atoms. The van der Waals surface area contributed by atoms with E-state index in [1.54, 1.807) is 4.57 Å². The molecule has 7 nitrogen and oxygen atoms in total. The molecular formula is C22H23N5O2S. The largest absolute Gasteiger partial charge is 0.349 e. The van der Waals surface area contributed by atoms with Gasteiger partial charge in [0.05, 0.1) is 22.7 Å². The monoisotopic (exact) mass is 421 g/mol. The summed E-state index contributed by atoms with van der Waals surface area (Å²) >= 11 is 1.31. The molecule has 0 aliphatic rings. The summed E-state index contributed by atoms with van der Waals surface area (Å²) in [5, 5.41) is 12.7. The molecule has 0 saturated heterocycles. The average Bonchev–Trinajstić information content (AvgIpc) is 3.20. The maximum absolute atomic E-state index is 12.9. The van der Waals surface area contributed by atoms with Gasteiger partial charge in [0.25, 0.3) is 5.56 Å². The topological polar surface area (TPSA) is 81.3 Å². The minimum absolute atomic E-state index is 0.0710.